The predicted octanol–water partition coefficient (Wildman–Crippen LogP) is 2.49. The number of carboxylic acids is 1. The Bertz CT molecular complexity index is 336. The van der Waals surface area contributed by atoms with Crippen LogP contribution in [0.25, 0.3) is 0 Å². The summed E-state index contributed by atoms with van der Waals surface area (Å²) >= 11 is 5.61. The van der Waals surface area contributed by atoms with Gasteiger partial charge in [-0.15, -0.1) is 0 Å². The van der Waals surface area contributed by atoms with E-state index in [0.717, 1.165) is 6.07 Å². The van der Waals surface area contributed by atoms with Gasteiger partial charge in [0.15, 0.2) is 0 Å². The summed E-state index contributed by atoms with van der Waals surface area (Å²) in [5, 5.41) is 8.65. The van der Waals surface area contributed by atoms with E-state index in [9.17, 15) is 9.18 Å². The maximum Gasteiger partial charge on any atom is 0.337 e. The maximum absolute atomic E-state index is 12.6. The largest absolute Gasteiger partial charge is 0.478 e. The second-order valence-corrected chi connectivity index (χ2v) is 2.77. The van der Waals surface area contributed by atoms with Crippen molar-refractivity contribution in [1.82, 2.24) is 0 Å². The van der Waals surface area contributed by atoms with Crippen LogP contribution in [0.5, 0.6) is 0 Å². The first-order valence-electron chi connectivity index (χ1n) is 3.21. The Hall–Kier alpha value is -1.09. The van der Waals surface area contributed by atoms with E-state index in [1.807, 2.05) is 0 Å². The van der Waals surface area contributed by atoms with Crippen molar-refractivity contribution in [3.05, 3.63) is 34.1 Å². The third-order valence-corrected chi connectivity index (χ3v) is 1.95. The van der Waals surface area contributed by atoms with E-state index in [0.29, 0.717) is 5.56 Å². The molecular formula is C8H6ClFO2. The first-order valence-corrected chi connectivity index (χ1v) is 3.59. The molecule has 1 rings (SSSR count). The van der Waals surface area contributed by atoms with Crippen LogP contribution in [0.3, 0.4) is 0 Å². The lowest BCUT2D eigenvalue weighted by atomic mass is 10.1. The predicted molar refractivity (Wildman–Crippen MR) is 43.1 cm³/mol. The van der Waals surface area contributed by atoms with Gasteiger partial charge < -0.3 is 5.11 Å². The number of aromatic carboxylic acids is 1. The summed E-state index contributed by atoms with van der Waals surface area (Å²) in [5.74, 6) is -1.81. The highest BCUT2D eigenvalue weighted by Crippen LogP contribution is 2.21. The minimum absolute atomic E-state index is 0.0869. The third-order valence-electron chi connectivity index (χ3n) is 1.45. The summed E-state index contributed by atoms with van der Waals surface area (Å²) in [5.41, 5.74) is 0.225. The summed E-state index contributed by atoms with van der Waals surface area (Å²) in [7, 11) is 0. The zero-order valence-corrected chi connectivity index (χ0v) is 7.02. The van der Waals surface area contributed by atoms with Crippen LogP contribution in [-0.4, -0.2) is 11.1 Å². The number of hydrogen-bond acceptors (Lipinski definition) is 1. The van der Waals surface area contributed by atoms with Crippen LogP contribution in [0.2, 0.25) is 5.02 Å². The quantitative estimate of drug-likeness (QED) is 0.735. The molecule has 0 saturated heterocycles. The molecule has 0 aliphatic carbocycles. The number of rotatable bonds is 1. The van der Waals surface area contributed by atoms with Crippen molar-refractivity contribution in [2.24, 2.45) is 0 Å². The lowest BCUT2D eigenvalue weighted by molar-refractivity contribution is 0.0696. The zero-order valence-electron chi connectivity index (χ0n) is 6.27. The van der Waals surface area contributed by atoms with E-state index in [1.165, 1.54) is 6.07 Å². The summed E-state index contributed by atoms with van der Waals surface area (Å²) in [4.78, 5) is 10.5. The molecule has 64 valence electrons. The molecule has 0 aliphatic heterocycles. The Kier molecular flexibility index (Phi) is 2.33. The molecule has 4 heteroatoms. The van der Waals surface area contributed by atoms with Crippen molar-refractivity contribution in [2.75, 3.05) is 0 Å². The van der Waals surface area contributed by atoms with Crippen molar-refractivity contribution in [1.29, 1.82) is 0 Å². The van der Waals surface area contributed by atoms with Crippen molar-refractivity contribution >= 4 is 17.6 Å². The van der Waals surface area contributed by atoms with Gasteiger partial charge in [0.1, 0.15) is 5.82 Å². The van der Waals surface area contributed by atoms with Crippen LogP contribution in [0.4, 0.5) is 4.39 Å². The van der Waals surface area contributed by atoms with Crippen molar-refractivity contribution in [3.8, 4) is 0 Å². The van der Waals surface area contributed by atoms with Gasteiger partial charge in [-0.1, -0.05) is 11.6 Å². The molecule has 0 fully saturated rings. The van der Waals surface area contributed by atoms with Crippen LogP contribution < -0.4 is 0 Å². The van der Waals surface area contributed by atoms with Gasteiger partial charge in [0.2, 0.25) is 0 Å². The molecule has 0 aliphatic rings. The van der Waals surface area contributed by atoms with Gasteiger partial charge in [0.05, 0.1) is 10.6 Å². The topological polar surface area (TPSA) is 37.3 Å². The first-order chi connectivity index (χ1) is 5.52. The molecular weight excluding hydrogens is 183 g/mol. The molecule has 1 aromatic rings. The molecule has 0 spiro atoms. The average Bonchev–Trinajstić information content (AvgIpc) is 1.96. The van der Waals surface area contributed by atoms with E-state index >= 15 is 0 Å². The molecule has 1 N–H and O–H groups in total. The molecule has 0 unspecified atom stereocenters. The Morgan fingerprint density at radius 1 is 1.58 bits per heavy atom. The first kappa shape index (κ1) is 9.00. The summed E-state index contributed by atoms with van der Waals surface area (Å²) < 4.78 is 12.6. The standard InChI is InChI=1S/C8H6ClFO2/c1-4-2-5(10)3-6(7(4)9)8(11)12/h2-3H,1H3,(H,11,12). The maximum atomic E-state index is 12.6. The highest BCUT2D eigenvalue weighted by molar-refractivity contribution is 6.34. The Morgan fingerprint density at radius 3 is 2.67 bits per heavy atom. The third kappa shape index (κ3) is 1.56. The zero-order chi connectivity index (χ0) is 9.30. The molecule has 0 heterocycles. The van der Waals surface area contributed by atoms with Crippen LogP contribution in [-0.2, 0) is 0 Å². The lowest BCUT2D eigenvalue weighted by Gasteiger charge is -2.01. The number of benzene rings is 1. The molecule has 1 aromatic carbocycles. The van der Waals surface area contributed by atoms with Crippen LogP contribution in [0, 0.1) is 12.7 Å². The number of halogens is 2. The molecule has 0 saturated carbocycles. The van der Waals surface area contributed by atoms with E-state index < -0.39 is 11.8 Å². The van der Waals surface area contributed by atoms with Crippen molar-refractivity contribution in [3.63, 3.8) is 0 Å². The highest BCUT2D eigenvalue weighted by atomic mass is 35.5. The van der Waals surface area contributed by atoms with Gasteiger partial charge in [-0.25, -0.2) is 9.18 Å². The van der Waals surface area contributed by atoms with Crippen LogP contribution in [0.1, 0.15) is 15.9 Å². The Labute approximate surface area is 73.6 Å². The van der Waals surface area contributed by atoms with Gasteiger partial charge in [-0.2, -0.15) is 0 Å². The fraction of sp³-hybridized carbons (Fsp3) is 0.125. The van der Waals surface area contributed by atoms with Crippen LogP contribution in [0.15, 0.2) is 12.1 Å². The Balaban J connectivity index is 3.37. The normalized spacial score (nSPS) is 9.92. The molecule has 0 aromatic heterocycles. The average molecular weight is 189 g/mol. The molecule has 12 heavy (non-hydrogen) atoms. The van der Waals surface area contributed by atoms with E-state index in [2.05, 4.69) is 0 Å². The van der Waals surface area contributed by atoms with Gasteiger partial charge in [0, 0.05) is 0 Å². The minimum atomic E-state index is -1.22. The number of aryl methyl sites for hydroxylation is 1. The number of carboxylic acid groups (broad SMARTS) is 1. The summed E-state index contributed by atoms with van der Waals surface area (Å²) in [6.45, 7) is 1.55. The smallest absolute Gasteiger partial charge is 0.337 e. The van der Waals surface area contributed by atoms with Gasteiger partial charge >= 0.3 is 5.97 Å². The number of carbonyl (C=O) groups is 1. The van der Waals surface area contributed by atoms with Crippen molar-refractivity contribution < 1.29 is 14.3 Å². The summed E-state index contributed by atoms with van der Waals surface area (Å²) in [6.07, 6.45) is 0. The van der Waals surface area contributed by atoms with Gasteiger partial charge in [0.25, 0.3) is 0 Å². The SMILES string of the molecule is Cc1cc(F)cc(C(=O)O)c1Cl. The van der Waals surface area contributed by atoms with E-state index in [1.54, 1.807) is 6.92 Å². The molecule has 0 bridgehead atoms. The van der Waals surface area contributed by atoms with Crippen LogP contribution >= 0.6 is 11.6 Å². The molecule has 2 nitrogen and oxygen atoms in total. The van der Waals surface area contributed by atoms with E-state index in [4.69, 9.17) is 16.7 Å². The number of hydrogen-bond donors (Lipinski definition) is 1. The second kappa shape index (κ2) is 3.11. The van der Waals surface area contributed by atoms with Gasteiger partial charge in [-0.05, 0) is 24.6 Å². The summed E-state index contributed by atoms with van der Waals surface area (Å²) in [6, 6.07) is 2.09. The minimum Gasteiger partial charge on any atom is -0.478 e. The fourth-order valence-corrected chi connectivity index (χ4v) is 1.07. The fourth-order valence-electron chi connectivity index (χ4n) is 0.881. The lowest BCUT2D eigenvalue weighted by Crippen LogP contribution is -1.99. The highest BCUT2D eigenvalue weighted by Gasteiger charge is 2.11. The van der Waals surface area contributed by atoms with Gasteiger partial charge in [-0.3, -0.25) is 0 Å². The second-order valence-electron chi connectivity index (χ2n) is 2.39. The molecule has 0 radical (unpaired) electrons. The van der Waals surface area contributed by atoms with E-state index in [-0.39, 0.29) is 10.6 Å². The molecule has 0 amide bonds. The monoisotopic (exact) mass is 188 g/mol. The molecule has 0 atom stereocenters. The van der Waals surface area contributed by atoms with Crippen molar-refractivity contribution in [2.45, 2.75) is 6.92 Å². The Morgan fingerprint density at radius 2 is 2.17 bits per heavy atom.